The van der Waals surface area contributed by atoms with Crippen LogP contribution in [0.3, 0.4) is 0 Å². The molecule has 1 fully saturated rings. The predicted octanol–water partition coefficient (Wildman–Crippen LogP) is 3.21. The molecule has 132 valence electrons. The topological polar surface area (TPSA) is 53.5 Å². The Bertz CT molecular complexity index is 718. The number of aromatic nitrogens is 1. The molecule has 0 spiro atoms. The second-order valence-electron chi connectivity index (χ2n) is 6.47. The number of likely N-dealkylation sites (tertiary alicyclic amines) is 1. The molecule has 0 bridgehead atoms. The van der Waals surface area contributed by atoms with Gasteiger partial charge in [-0.15, -0.1) is 11.3 Å². The van der Waals surface area contributed by atoms with Crippen LogP contribution in [-0.2, 0) is 4.79 Å². The molecule has 5 nitrogen and oxygen atoms in total. The van der Waals surface area contributed by atoms with Gasteiger partial charge in [0.05, 0.1) is 12.0 Å². The van der Waals surface area contributed by atoms with Crippen molar-refractivity contribution in [3.05, 3.63) is 52.5 Å². The highest BCUT2D eigenvalue weighted by Crippen LogP contribution is 2.27. The minimum Gasteiger partial charge on any atom is -0.338 e. The van der Waals surface area contributed by atoms with Crippen molar-refractivity contribution >= 4 is 23.2 Å². The quantitative estimate of drug-likeness (QED) is 0.844. The standard InChI is InChI=1S/C19H23N3O2S/c1-14(17-6-4-12-25-17)21(2)18(23)16-5-3-11-22(13-16)19(24)15-7-9-20-10-8-15/h4,6-10,12,14,16H,3,5,11,13H2,1-2H3. The van der Waals surface area contributed by atoms with Crippen LogP contribution in [-0.4, -0.2) is 46.7 Å². The third-order valence-corrected chi connectivity index (χ3v) is 5.91. The van der Waals surface area contributed by atoms with Gasteiger partial charge in [-0.1, -0.05) is 6.07 Å². The largest absolute Gasteiger partial charge is 0.338 e. The van der Waals surface area contributed by atoms with Gasteiger partial charge in [-0.05, 0) is 43.3 Å². The van der Waals surface area contributed by atoms with E-state index in [9.17, 15) is 9.59 Å². The van der Waals surface area contributed by atoms with Crippen molar-refractivity contribution in [2.75, 3.05) is 20.1 Å². The molecule has 1 aliphatic rings. The van der Waals surface area contributed by atoms with Crippen LogP contribution in [0.25, 0.3) is 0 Å². The van der Waals surface area contributed by atoms with E-state index in [-0.39, 0.29) is 23.8 Å². The van der Waals surface area contributed by atoms with Crippen LogP contribution in [0.1, 0.15) is 41.0 Å². The van der Waals surface area contributed by atoms with E-state index in [2.05, 4.69) is 11.1 Å². The Morgan fingerprint density at radius 1 is 1.32 bits per heavy atom. The number of carbonyl (C=O) groups excluding carboxylic acids is 2. The van der Waals surface area contributed by atoms with Crippen LogP contribution in [0.4, 0.5) is 0 Å². The van der Waals surface area contributed by atoms with Gasteiger partial charge in [0.2, 0.25) is 5.91 Å². The second-order valence-corrected chi connectivity index (χ2v) is 7.45. The fourth-order valence-electron chi connectivity index (χ4n) is 3.24. The third-order valence-electron chi connectivity index (χ3n) is 4.87. The van der Waals surface area contributed by atoms with Crippen LogP contribution in [0.2, 0.25) is 0 Å². The molecule has 0 N–H and O–H groups in total. The van der Waals surface area contributed by atoms with E-state index in [1.54, 1.807) is 40.8 Å². The maximum Gasteiger partial charge on any atom is 0.253 e. The summed E-state index contributed by atoms with van der Waals surface area (Å²) in [6, 6.07) is 7.56. The monoisotopic (exact) mass is 357 g/mol. The summed E-state index contributed by atoms with van der Waals surface area (Å²) in [7, 11) is 1.86. The lowest BCUT2D eigenvalue weighted by molar-refractivity contribution is -0.137. The first kappa shape index (κ1) is 17.6. The Morgan fingerprint density at radius 2 is 2.08 bits per heavy atom. The van der Waals surface area contributed by atoms with E-state index in [4.69, 9.17) is 0 Å². The Kier molecular flexibility index (Phi) is 5.48. The average molecular weight is 357 g/mol. The molecule has 25 heavy (non-hydrogen) atoms. The van der Waals surface area contributed by atoms with E-state index in [1.165, 1.54) is 4.88 Å². The van der Waals surface area contributed by atoms with Gasteiger partial charge in [-0.3, -0.25) is 14.6 Å². The van der Waals surface area contributed by atoms with Crippen molar-refractivity contribution in [2.24, 2.45) is 5.92 Å². The number of nitrogens with zero attached hydrogens (tertiary/aromatic N) is 3. The van der Waals surface area contributed by atoms with Gasteiger partial charge in [-0.25, -0.2) is 0 Å². The van der Waals surface area contributed by atoms with Gasteiger partial charge in [0.25, 0.3) is 5.91 Å². The lowest BCUT2D eigenvalue weighted by Crippen LogP contribution is -2.46. The molecule has 3 rings (SSSR count). The summed E-state index contributed by atoms with van der Waals surface area (Å²) in [5, 5.41) is 2.03. The molecule has 2 atom stereocenters. The maximum atomic E-state index is 12.9. The summed E-state index contributed by atoms with van der Waals surface area (Å²) in [6.45, 7) is 3.24. The van der Waals surface area contributed by atoms with Crippen molar-refractivity contribution in [3.8, 4) is 0 Å². The molecule has 1 saturated heterocycles. The minimum atomic E-state index is -0.132. The molecule has 0 aromatic carbocycles. The molecule has 0 aliphatic carbocycles. The van der Waals surface area contributed by atoms with Crippen LogP contribution in [0, 0.1) is 5.92 Å². The Balaban J connectivity index is 1.66. The highest BCUT2D eigenvalue weighted by molar-refractivity contribution is 7.10. The molecule has 6 heteroatoms. The van der Waals surface area contributed by atoms with E-state index < -0.39 is 0 Å². The molecule has 0 radical (unpaired) electrons. The van der Waals surface area contributed by atoms with Crippen LogP contribution in [0.5, 0.6) is 0 Å². The number of pyridine rings is 1. The summed E-state index contributed by atoms with van der Waals surface area (Å²) in [4.78, 5) is 34.3. The van der Waals surface area contributed by atoms with Gasteiger partial charge in [-0.2, -0.15) is 0 Å². The first-order valence-electron chi connectivity index (χ1n) is 8.57. The summed E-state index contributed by atoms with van der Waals surface area (Å²) < 4.78 is 0. The molecule has 1 aliphatic heterocycles. The zero-order chi connectivity index (χ0) is 17.8. The summed E-state index contributed by atoms with van der Waals surface area (Å²) in [5.74, 6) is -0.0334. The van der Waals surface area contributed by atoms with Gasteiger partial charge in [0.1, 0.15) is 0 Å². The first-order valence-corrected chi connectivity index (χ1v) is 9.45. The molecule has 3 heterocycles. The van der Waals surface area contributed by atoms with Gasteiger partial charge in [0.15, 0.2) is 0 Å². The summed E-state index contributed by atoms with van der Waals surface area (Å²) in [5.41, 5.74) is 0.628. The van der Waals surface area contributed by atoms with Crippen molar-refractivity contribution in [3.63, 3.8) is 0 Å². The Morgan fingerprint density at radius 3 is 2.76 bits per heavy atom. The Hall–Kier alpha value is -2.21. The van der Waals surface area contributed by atoms with Crippen LogP contribution in [0.15, 0.2) is 42.0 Å². The number of rotatable bonds is 4. The lowest BCUT2D eigenvalue weighted by atomic mass is 9.95. The second kappa shape index (κ2) is 7.78. The predicted molar refractivity (Wildman–Crippen MR) is 98.4 cm³/mol. The molecular weight excluding hydrogens is 334 g/mol. The fraction of sp³-hybridized carbons (Fsp3) is 0.421. The Labute approximate surface area is 152 Å². The molecule has 0 saturated carbocycles. The van der Waals surface area contributed by atoms with E-state index in [0.29, 0.717) is 18.7 Å². The summed E-state index contributed by atoms with van der Waals surface area (Å²) in [6.07, 6.45) is 4.93. The fourth-order valence-corrected chi connectivity index (χ4v) is 4.07. The highest BCUT2D eigenvalue weighted by atomic mass is 32.1. The minimum absolute atomic E-state index is 0.0196. The molecule has 2 amide bonds. The maximum absolute atomic E-state index is 12.9. The zero-order valence-electron chi connectivity index (χ0n) is 14.6. The summed E-state index contributed by atoms with van der Waals surface area (Å²) >= 11 is 1.66. The number of piperidine rings is 1. The van der Waals surface area contributed by atoms with Crippen molar-refractivity contribution < 1.29 is 9.59 Å². The van der Waals surface area contributed by atoms with E-state index in [0.717, 1.165) is 12.8 Å². The van der Waals surface area contributed by atoms with E-state index in [1.807, 2.05) is 30.3 Å². The van der Waals surface area contributed by atoms with Gasteiger partial charge in [0, 0.05) is 43.0 Å². The number of amides is 2. The van der Waals surface area contributed by atoms with Gasteiger partial charge < -0.3 is 9.80 Å². The van der Waals surface area contributed by atoms with Crippen molar-refractivity contribution in [1.29, 1.82) is 0 Å². The van der Waals surface area contributed by atoms with Crippen LogP contribution < -0.4 is 0 Å². The number of thiophene rings is 1. The highest BCUT2D eigenvalue weighted by Gasteiger charge is 2.32. The number of hydrogen-bond donors (Lipinski definition) is 0. The number of hydrogen-bond acceptors (Lipinski definition) is 4. The molecule has 2 unspecified atom stereocenters. The smallest absolute Gasteiger partial charge is 0.253 e. The molecular formula is C19H23N3O2S. The van der Waals surface area contributed by atoms with Gasteiger partial charge >= 0.3 is 0 Å². The first-order chi connectivity index (χ1) is 12.1. The molecule has 2 aromatic rings. The SMILES string of the molecule is CC(c1cccs1)N(C)C(=O)C1CCCN(C(=O)c2ccncc2)C1. The average Bonchev–Trinajstić information content (AvgIpc) is 3.21. The van der Waals surface area contributed by atoms with Crippen LogP contribution >= 0.6 is 11.3 Å². The lowest BCUT2D eigenvalue weighted by Gasteiger charge is -2.35. The van der Waals surface area contributed by atoms with E-state index >= 15 is 0 Å². The third kappa shape index (κ3) is 3.90. The van der Waals surface area contributed by atoms with Crippen molar-refractivity contribution in [2.45, 2.75) is 25.8 Å². The molecule has 2 aromatic heterocycles. The zero-order valence-corrected chi connectivity index (χ0v) is 15.4. The number of carbonyl (C=O) groups is 2. The van der Waals surface area contributed by atoms with Crippen molar-refractivity contribution in [1.82, 2.24) is 14.8 Å². The normalized spacial score (nSPS) is 18.6.